The van der Waals surface area contributed by atoms with Gasteiger partial charge in [0.05, 0.1) is 52.1 Å². The maximum Gasteiger partial charge on any atom is 0.337 e. The van der Waals surface area contributed by atoms with Gasteiger partial charge in [0.1, 0.15) is 0 Å². The van der Waals surface area contributed by atoms with Crippen molar-refractivity contribution in [2.75, 3.05) is 35.5 Å². The Bertz CT molecular complexity index is 1100. The third-order valence-electron chi connectivity index (χ3n) is 4.39. The molecule has 3 aromatic rings. The molecule has 2 aromatic carbocycles. The second-order valence-electron chi connectivity index (χ2n) is 6.02. The standard InChI is InChI=1S/C21H20N2O7/c1-26-15-9-12(10-16(27-2)19(15)28-3)18(24)17-20(29-4)23-13-7-6-11(21(25)30-5)8-14(13)22-17/h6-10H,1-5H3. The van der Waals surface area contributed by atoms with Crippen molar-refractivity contribution >= 4 is 22.8 Å². The fourth-order valence-electron chi connectivity index (χ4n) is 2.92. The van der Waals surface area contributed by atoms with Gasteiger partial charge in [0, 0.05) is 5.56 Å². The van der Waals surface area contributed by atoms with Crippen LogP contribution >= 0.6 is 0 Å². The monoisotopic (exact) mass is 412 g/mol. The van der Waals surface area contributed by atoms with E-state index in [0.29, 0.717) is 28.3 Å². The number of carbonyl (C=O) groups is 2. The van der Waals surface area contributed by atoms with Gasteiger partial charge in [-0.05, 0) is 30.3 Å². The first-order chi connectivity index (χ1) is 14.5. The number of nitrogens with zero attached hydrogens (tertiary/aromatic N) is 2. The van der Waals surface area contributed by atoms with Crippen LogP contribution < -0.4 is 18.9 Å². The Kier molecular flexibility index (Phi) is 6.01. The van der Waals surface area contributed by atoms with Crippen LogP contribution in [0.3, 0.4) is 0 Å². The molecule has 156 valence electrons. The quantitative estimate of drug-likeness (QED) is 0.428. The normalized spacial score (nSPS) is 10.4. The highest BCUT2D eigenvalue weighted by Gasteiger charge is 2.23. The highest BCUT2D eigenvalue weighted by molar-refractivity contribution is 6.10. The molecule has 0 saturated heterocycles. The average molecular weight is 412 g/mol. The first kappa shape index (κ1) is 20.8. The number of ketones is 1. The van der Waals surface area contributed by atoms with Crippen LogP contribution in [0.5, 0.6) is 23.1 Å². The lowest BCUT2D eigenvalue weighted by Crippen LogP contribution is -2.10. The summed E-state index contributed by atoms with van der Waals surface area (Å²) in [6.45, 7) is 0. The number of hydrogen-bond acceptors (Lipinski definition) is 9. The van der Waals surface area contributed by atoms with E-state index >= 15 is 0 Å². The third kappa shape index (κ3) is 3.69. The van der Waals surface area contributed by atoms with Crippen LogP contribution in [-0.4, -0.2) is 57.3 Å². The molecule has 0 unspecified atom stereocenters. The van der Waals surface area contributed by atoms with Gasteiger partial charge in [-0.3, -0.25) is 4.79 Å². The largest absolute Gasteiger partial charge is 0.493 e. The molecule has 0 saturated carbocycles. The minimum Gasteiger partial charge on any atom is -0.493 e. The van der Waals surface area contributed by atoms with Crippen LogP contribution in [0.1, 0.15) is 26.4 Å². The molecule has 0 spiro atoms. The highest BCUT2D eigenvalue weighted by Crippen LogP contribution is 2.39. The molecular weight excluding hydrogens is 392 g/mol. The molecule has 0 amide bonds. The molecule has 1 heterocycles. The van der Waals surface area contributed by atoms with Crippen LogP contribution in [0.2, 0.25) is 0 Å². The minimum atomic E-state index is -0.521. The summed E-state index contributed by atoms with van der Waals surface area (Å²) in [6, 6.07) is 7.69. The molecule has 0 aliphatic rings. The molecule has 1 aromatic heterocycles. The molecule has 3 rings (SSSR count). The Morgan fingerprint density at radius 2 is 1.40 bits per heavy atom. The summed E-state index contributed by atoms with van der Waals surface area (Å²) in [5, 5.41) is 0. The van der Waals surface area contributed by atoms with E-state index in [0.717, 1.165) is 0 Å². The first-order valence-electron chi connectivity index (χ1n) is 8.76. The van der Waals surface area contributed by atoms with Gasteiger partial charge in [-0.15, -0.1) is 0 Å². The molecule has 0 aliphatic carbocycles. The first-order valence-corrected chi connectivity index (χ1v) is 8.76. The summed E-state index contributed by atoms with van der Waals surface area (Å²) >= 11 is 0. The number of fused-ring (bicyclic) bond motifs is 1. The summed E-state index contributed by atoms with van der Waals surface area (Å²) < 4.78 is 25.9. The number of benzene rings is 2. The van der Waals surface area contributed by atoms with Crippen molar-refractivity contribution in [3.8, 4) is 23.1 Å². The van der Waals surface area contributed by atoms with Crippen molar-refractivity contribution in [2.24, 2.45) is 0 Å². The summed E-state index contributed by atoms with van der Waals surface area (Å²) in [7, 11) is 7.06. The number of ether oxygens (including phenoxy) is 5. The number of hydrogen-bond donors (Lipinski definition) is 0. The van der Waals surface area contributed by atoms with Crippen molar-refractivity contribution in [3.05, 3.63) is 47.2 Å². The number of rotatable bonds is 7. The lowest BCUT2D eigenvalue weighted by Gasteiger charge is -2.14. The zero-order valence-electron chi connectivity index (χ0n) is 17.1. The predicted molar refractivity (Wildman–Crippen MR) is 107 cm³/mol. The number of carbonyl (C=O) groups excluding carboxylic acids is 2. The van der Waals surface area contributed by atoms with Gasteiger partial charge in [-0.25, -0.2) is 14.8 Å². The average Bonchev–Trinajstić information content (AvgIpc) is 2.80. The molecule has 0 radical (unpaired) electrons. The topological polar surface area (TPSA) is 106 Å². The van der Waals surface area contributed by atoms with Crippen LogP contribution in [-0.2, 0) is 4.74 Å². The minimum absolute atomic E-state index is 0.0266. The summed E-state index contributed by atoms with van der Waals surface area (Å²) in [5.41, 5.74) is 1.30. The molecule has 0 atom stereocenters. The molecule has 0 N–H and O–H groups in total. The molecule has 9 nitrogen and oxygen atoms in total. The number of esters is 1. The molecule has 0 fully saturated rings. The van der Waals surface area contributed by atoms with Crippen molar-refractivity contribution in [1.29, 1.82) is 0 Å². The Morgan fingerprint density at radius 3 is 1.93 bits per heavy atom. The van der Waals surface area contributed by atoms with E-state index in [4.69, 9.17) is 23.7 Å². The van der Waals surface area contributed by atoms with Crippen LogP contribution in [0.25, 0.3) is 11.0 Å². The summed E-state index contributed by atoms with van der Waals surface area (Å²) in [6.07, 6.45) is 0. The smallest absolute Gasteiger partial charge is 0.337 e. The highest BCUT2D eigenvalue weighted by atomic mass is 16.5. The van der Waals surface area contributed by atoms with Gasteiger partial charge < -0.3 is 23.7 Å². The lowest BCUT2D eigenvalue weighted by atomic mass is 10.1. The van der Waals surface area contributed by atoms with Crippen molar-refractivity contribution < 1.29 is 33.3 Å². The molecule has 30 heavy (non-hydrogen) atoms. The second kappa shape index (κ2) is 8.64. The van der Waals surface area contributed by atoms with Crippen molar-refractivity contribution in [1.82, 2.24) is 9.97 Å². The van der Waals surface area contributed by atoms with Gasteiger partial charge in [-0.1, -0.05) is 0 Å². The van der Waals surface area contributed by atoms with Gasteiger partial charge >= 0.3 is 5.97 Å². The van der Waals surface area contributed by atoms with E-state index in [1.807, 2.05) is 0 Å². The lowest BCUT2D eigenvalue weighted by molar-refractivity contribution is 0.0600. The summed E-state index contributed by atoms with van der Waals surface area (Å²) in [4.78, 5) is 33.8. The zero-order valence-corrected chi connectivity index (χ0v) is 17.1. The molecule has 9 heteroatoms. The van der Waals surface area contributed by atoms with E-state index in [2.05, 4.69) is 9.97 Å². The Hall–Kier alpha value is -3.88. The van der Waals surface area contributed by atoms with Gasteiger partial charge in [0.25, 0.3) is 0 Å². The molecule has 0 bridgehead atoms. The molecule has 0 aliphatic heterocycles. The third-order valence-corrected chi connectivity index (χ3v) is 4.39. The van der Waals surface area contributed by atoms with E-state index < -0.39 is 11.8 Å². The predicted octanol–water partition coefficient (Wildman–Crippen LogP) is 2.68. The van der Waals surface area contributed by atoms with E-state index in [1.54, 1.807) is 12.1 Å². The van der Waals surface area contributed by atoms with Crippen molar-refractivity contribution in [3.63, 3.8) is 0 Å². The summed E-state index contributed by atoms with van der Waals surface area (Å²) in [5.74, 6) is 0.0562. The van der Waals surface area contributed by atoms with E-state index in [9.17, 15) is 9.59 Å². The second-order valence-corrected chi connectivity index (χ2v) is 6.02. The van der Waals surface area contributed by atoms with Crippen molar-refractivity contribution in [2.45, 2.75) is 0 Å². The van der Waals surface area contributed by atoms with Crippen LogP contribution in [0, 0.1) is 0 Å². The maximum atomic E-state index is 13.3. The molecular formula is C21H20N2O7. The number of methoxy groups -OCH3 is 5. The van der Waals surface area contributed by atoms with Gasteiger partial charge in [0.15, 0.2) is 17.2 Å². The number of aromatic nitrogens is 2. The van der Waals surface area contributed by atoms with E-state index in [1.165, 1.54) is 53.7 Å². The van der Waals surface area contributed by atoms with E-state index in [-0.39, 0.29) is 22.7 Å². The fourth-order valence-corrected chi connectivity index (χ4v) is 2.92. The SMILES string of the molecule is COC(=O)c1ccc2nc(OC)c(C(=O)c3cc(OC)c(OC)c(OC)c3)nc2c1. The Labute approximate surface area is 172 Å². The Morgan fingerprint density at radius 1 is 0.733 bits per heavy atom. The van der Waals surface area contributed by atoms with Gasteiger partial charge in [0.2, 0.25) is 17.4 Å². The van der Waals surface area contributed by atoms with Crippen LogP contribution in [0.15, 0.2) is 30.3 Å². The zero-order chi connectivity index (χ0) is 21.8. The van der Waals surface area contributed by atoms with Crippen LogP contribution in [0.4, 0.5) is 0 Å². The fraction of sp³-hybridized carbons (Fsp3) is 0.238. The maximum absolute atomic E-state index is 13.3. The Balaban J connectivity index is 2.17. The van der Waals surface area contributed by atoms with Gasteiger partial charge in [-0.2, -0.15) is 0 Å².